The zero-order valence-electron chi connectivity index (χ0n) is 13.3. The zero-order valence-corrected chi connectivity index (χ0v) is 13.3. The van der Waals surface area contributed by atoms with Crippen LogP contribution in [-0.2, 0) is 11.2 Å². The Bertz CT molecular complexity index is 756. The lowest BCUT2D eigenvalue weighted by atomic mass is 10.1. The number of carbonyl (C=O) groups excluding carboxylic acids is 2. The Morgan fingerprint density at radius 2 is 2.04 bits per heavy atom. The Labute approximate surface area is 139 Å². The molecule has 2 aromatic carbocycles. The summed E-state index contributed by atoms with van der Waals surface area (Å²) in [6.45, 7) is 0.897. The minimum Gasteiger partial charge on any atom is -0.497 e. The average molecular weight is 326 g/mol. The van der Waals surface area contributed by atoms with Gasteiger partial charge in [0.05, 0.1) is 25.6 Å². The molecule has 24 heavy (non-hydrogen) atoms. The zero-order chi connectivity index (χ0) is 16.9. The number of carbonyl (C=O) groups is 2. The van der Waals surface area contributed by atoms with E-state index in [4.69, 9.17) is 9.47 Å². The van der Waals surface area contributed by atoms with Crippen molar-refractivity contribution in [1.29, 1.82) is 0 Å². The molecule has 3 rings (SSSR count). The summed E-state index contributed by atoms with van der Waals surface area (Å²) in [4.78, 5) is 24.2. The minimum atomic E-state index is -0.200. The van der Waals surface area contributed by atoms with Gasteiger partial charge >= 0.3 is 0 Å². The molecule has 6 nitrogen and oxygen atoms in total. The van der Waals surface area contributed by atoms with Crippen LogP contribution < -0.4 is 20.1 Å². The Morgan fingerprint density at radius 1 is 1.25 bits per heavy atom. The summed E-state index contributed by atoms with van der Waals surface area (Å²) in [6, 6.07) is 12.4. The van der Waals surface area contributed by atoms with Crippen LogP contribution in [0.15, 0.2) is 42.5 Å². The maximum Gasteiger partial charge on any atom is 0.255 e. The summed E-state index contributed by atoms with van der Waals surface area (Å²) < 4.78 is 10.6. The number of methoxy groups -OCH3 is 1. The predicted octanol–water partition coefficient (Wildman–Crippen LogP) is 2.00. The SMILES string of the molecule is COc1ccc(CC(=O)Nc2ccc3c(c2)C(=O)NCCO3)cc1. The van der Waals surface area contributed by atoms with Gasteiger partial charge in [-0.1, -0.05) is 12.1 Å². The third-order valence-corrected chi connectivity index (χ3v) is 3.68. The molecule has 0 saturated heterocycles. The van der Waals surface area contributed by atoms with Crippen LogP contribution in [0.3, 0.4) is 0 Å². The van der Waals surface area contributed by atoms with E-state index in [0.717, 1.165) is 11.3 Å². The van der Waals surface area contributed by atoms with Crippen molar-refractivity contribution >= 4 is 17.5 Å². The van der Waals surface area contributed by atoms with Crippen molar-refractivity contribution in [3.8, 4) is 11.5 Å². The third kappa shape index (κ3) is 3.65. The second-order valence-corrected chi connectivity index (χ2v) is 5.39. The molecule has 0 saturated carbocycles. The Balaban J connectivity index is 1.69. The molecule has 0 atom stereocenters. The van der Waals surface area contributed by atoms with E-state index >= 15 is 0 Å². The van der Waals surface area contributed by atoms with Gasteiger partial charge in [0.25, 0.3) is 5.91 Å². The second kappa shape index (κ2) is 7.04. The van der Waals surface area contributed by atoms with Gasteiger partial charge in [0, 0.05) is 5.69 Å². The van der Waals surface area contributed by atoms with Gasteiger partial charge in [-0.05, 0) is 35.9 Å². The molecule has 0 fully saturated rings. The molecule has 0 aromatic heterocycles. The minimum absolute atomic E-state index is 0.157. The number of ether oxygens (including phenoxy) is 2. The van der Waals surface area contributed by atoms with Crippen LogP contribution in [0.25, 0.3) is 0 Å². The lowest BCUT2D eigenvalue weighted by molar-refractivity contribution is -0.115. The van der Waals surface area contributed by atoms with E-state index in [1.54, 1.807) is 25.3 Å². The third-order valence-electron chi connectivity index (χ3n) is 3.68. The maximum atomic E-state index is 12.2. The van der Waals surface area contributed by atoms with E-state index < -0.39 is 0 Å². The number of amides is 2. The van der Waals surface area contributed by atoms with Gasteiger partial charge in [-0.2, -0.15) is 0 Å². The van der Waals surface area contributed by atoms with E-state index in [9.17, 15) is 9.59 Å². The molecule has 0 aliphatic carbocycles. The summed E-state index contributed by atoms with van der Waals surface area (Å²) in [5, 5.41) is 5.55. The predicted molar refractivity (Wildman–Crippen MR) is 89.6 cm³/mol. The lowest BCUT2D eigenvalue weighted by Crippen LogP contribution is -2.24. The Morgan fingerprint density at radius 3 is 2.79 bits per heavy atom. The quantitative estimate of drug-likeness (QED) is 0.901. The first kappa shape index (κ1) is 15.9. The first-order valence-electron chi connectivity index (χ1n) is 7.63. The van der Waals surface area contributed by atoms with Crippen molar-refractivity contribution < 1.29 is 19.1 Å². The van der Waals surface area contributed by atoms with E-state index in [2.05, 4.69) is 10.6 Å². The highest BCUT2D eigenvalue weighted by Crippen LogP contribution is 2.24. The van der Waals surface area contributed by atoms with Gasteiger partial charge in [0.15, 0.2) is 0 Å². The highest BCUT2D eigenvalue weighted by molar-refractivity contribution is 6.00. The molecule has 0 bridgehead atoms. The van der Waals surface area contributed by atoms with Crippen LogP contribution in [0.1, 0.15) is 15.9 Å². The van der Waals surface area contributed by atoms with Crippen LogP contribution in [0.2, 0.25) is 0 Å². The smallest absolute Gasteiger partial charge is 0.255 e. The van der Waals surface area contributed by atoms with Crippen LogP contribution in [0.4, 0.5) is 5.69 Å². The number of nitrogens with one attached hydrogen (secondary N) is 2. The first-order chi connectivity index (χ1) is 11.7. The molecule has 2 N–H and O–H groups in total. The van der Waals surface area contributed by atoms with Gasteiger partial charge in [-0.25, -0.2) is 0 Å². The highest BCUT2D eigenvalue weighted by Gasteiger charge is 2.17. The second-order valence-electron chi connectivity index (χ2n) is 5.39. The summed E-state index contributed by atoms with van der Waals surface area (Å²) in [5.74, 6) is 0.915. The molecular formula is C18H18N2O4. The normalized spacial score (nSPS) is 13.1. The van der Waals surface area contributed by atoms with Crippen molar-refractivity contribution in [3.63, 3.8) is 0 Å². The molecule has 0 unspecified atom stereocenters. The lowest BCUT2D eigenvalue weighted by Gasteiger charge is -2.10. The standard InChI is InChI=1S/C18H18N2O4/c1-23-14-5-2-12(3-6-14)10-17(21)20-13-4-7-16-15(11-13)18(22)19-8-9-24-16/h2-7,11H,8-10H2,1H3,(H,19,22)(H,20,21). The van der Waals surface area contributed by atoms with Crippen LogP contribution >= 0.6 is 0 Å². The molecule has 1 heterocycles. The number of hydrogen-bond acceptors (Lipinski definition) is 4. The Hall–Kier alpha value is -3.02. The van der Waals surface area contributed by atoms with E-state index in [1.807, 2.05) is 24.3 Å². The van der Waals surface area contributed by atoms with Gasteiger partial charge in [0.2, 0.25) is 5.91 Å². The van der Waals surface area contributed by atoms with Crippen LogP contribution in [-0.4, -0.2) is 32.1 Å². The van der Waals surface area contributed by atoms with Gasteiger partial charge in [-0.3, -0.25) is 9.59 Å². The van der Waals surface area contributed by atoms with E-state index in [1.165, 1.54) is 0 Å². The molecule has 2 amide bonds. The maximum absolute atomic E-state index is 12.2. The summed E-state index contributed by atoms with van der Waals surface area (Å²) >= 11 is 0. The monoisotopic (exact) mass is 326 g/mol. The summed E-state index contributed by atoms with van der Waals surface area (Å²) in [7, 11) is 1.60. The van der Waals surface area contributed by atoms with Gasteiger partial charge < -0.3 is 20.1 Å². The summed E-state index contributed by atoms with van der Waals surface area (Å²) in [6.07, 6.45) is 0.240. The summed E-state index contributed by atoms with van der Waals surface area (Å²) in [5.41, 5.74) is 1.87. The molecule has 0 radical (unpaired) electrons. The molecule has 124 valence electrons. The van der Waals surface area contributed by atoms with Crippen molar-refractivity contribution in [3.05, 3.63) is 53.6 Å². The molecule has 6 heteroatoms. The fourth-order valence-electron chi connectivity index (χ4n) is 2.47. The number of hydrogen-bond donors (Lipinski definition) is 2. The molecular weight excluding hydrogens is 308 g/mol. The van der Waals surface area contributed by atoms with E-state index in [-0.39, 0.29) is 18.2 Å². The highest BCUT2D eigenvalue weighted by atomic mass is 16.5. The number of fused-ring (bicyclic) bond motifs is 1. The van der Waals surface area contributed by atoms with Crippen molar-refractivity contribution in [2.45, 2.75) is 6.42 Å². The largest absolute Gasteiger partial charge is 0.497 e. The number of anilines is 1. The molecule has 0 spiro atoms. The Kier molecular flexibility index (Phi) is 4.65. The molecule has 1 aliphatic rings. The molecule has 1 aliphatic heterocycles. The molecule has 2 aromatic rings. The number of rotatable bonds is 4. The van der Waals surface area contributed by atoms with Gasteiger partial charge in [0.1, 0.15) is 18.1 Å². The van der Waals surface area contributed by atoms with Crippen LogP contribution in [0, 0.1) is 0 Å². The van der Waals surface area contributed by atoms with Gasteiger partial charge in [-0.15, -0.1) is 0 Å². The van der Waals surface area contributed by atoms with Crippen LogP contribution in [0.5, 0.6) is 11.5 Å². The fourth-order valence-corrected chi connectivity index (χ4v) is 2.47. The average Bonchev–Trinajstić information content (AvgIpc) is 2.77. The van der Waals surface area contributed by atoms with E-state index in [0.29, 0.717) is 30.2 Å². The topological polar surface area (TPSA) is 76.7 Å². The van der Waals surface area contributed by atoms with Crippen molar-refractivity contribution in [2.24, 2.45) is 0 Å². The van der Waals surface area contributed by atoms with Crippen molar-refractivity contribution in [1.82, 2.24) is 5.32 Å². The van der Waals surface area contributed by atoms with Crippen molar-refractivity contribution in [2.75, 3.05) is 25.6 Å². The number of benzene rings is 2. The first-order valence-corrected chi connectivity index (χ1v) is 7.63. The fraction of sp³-hybridized carbons (Fsp3) is 0.222.